The second-order valence-corrected chi connectivity index (χ2v) is 4.50. The summed E-state index contributed by atoms with van der Waals surface area (Å²) in [7, 11) is 0. The second-order valence-electron chi connectivity index (χ2n) is 4.50. The molecule has 20 heavy (non-hydrogen) atoms. The van der Waals surface area contributed by atoms with Gasteiger partial charge in [-0.3, -0.25) is 0 Å². The van der Waals surface area contributed by atoms with E-state index in [9.17, 15) is 5.11 Å². The Bertz CT molecular complexity index is 396. The van der Waals surface area contributed by atoms with Crippen LogP contribution < -0.4 is 10.6 Å². The van der Waals surface area contributed by atoms with Gasteiger partial charge in [-0.15, -0.1) is 24.0 Å². The van der Waals surface area contributed by atoms with Crippen molar-refractivity contribution in [3.05, 3.63) is 29.8 Å². The number of phenols is 1. The molecule has 0 saturated heterocycles. The van der Waals surface area contributed by atoms with Gasteiger partial charge in [0.15, 0.2) is 5.96 Å². The molecule has 0 unspecified atom stereocenters. The molecule has 1 rings (SSSR count). The highest BCUT2D eigenvalue weighted by Gasteiger charge is 1.97. The molecule has 1 aromatic rings. The predicted octanol–water partition coefficient (Wildman–Crippen LogP) is 3.26. The normalized spacial score (nSPS) is 10.8. The number of aliphatic imine (C=N–C) groups is 1. The molecule has 1 aromatic carbocycles. The van der Waals surface area contributed by atoms with Crippen LogP contribution in [0.4, 0.5) is 0 Å². The van der Waals surface area contributed by atoms with Crippen LogP contribution in [0.15, 0.2) is 29.3 Å². The zero-order valence-corrected chi connectivity index (χ0v) is 14.7. The maximum Gasteiger partial charge on any atom is 0.191 e. The highest BCUT2D eigenvalue weighted by Crippen LogP contribution is 2.11. The molecule has 0 atom stereocenters. The van der Waals surface area contributed by atoms with Gasteiger partial charge in [0, 0.05) is 13.1 Å². The largest absolute Gasteiger partial charge is 0.508 e. The minimum atomic E-state index is 0. The van der Waals surface area contributed by atoms with Gasteiger partial charge in [0.05, 0.1) is 6.54 Å². The quantitative estimate of drug-likeness (QED) is 0.290. The van der Waals surface area contributed by atoms with E-state index >= 15 is 0 Å². The number of hydrogen-bond donors (Lipinski definition) is 3. The number of nitrogens with one attached hydrogen (secondary N) is 2. The van der Waals surface area contributed by atoms with Crippen molar-refractivity contribution in [2.24, 2.45) is 4.99 Å². The molecule has 0 heterocycles. The molecular weight excluding hydrogens is 365 g/mol. The molecule has 0 radical (unpaired) electrons. The van der Waals surface area contributed by atoms with Gasteiger partial charge >= 0.3 is 0 Å². The minimum Gasteiger partial charge on any atom is -0.508 e. The van der Waals surface area contributed by atoms with E-state index in [1.807, 2.05) is 12.1 Å². The van der Waals surface area contributed by atoms with Gasteiger partial charge in [0.25, 0.3) is 0 Å². The van der Waals surface area contributed by atoms with Crippen LogP contribution in [0.25, 0.3) is 0 Å². The molecule has 0 aliphatic heterocycles. The maximum atomic E-state index is 9.40. The smallest absolute Gasteiger partial charge is 0.191 e. The summed E-state index contributed by atoms with van der Waals surface area (Å²) in [4.78, 5) is 4.51. The van der Waals surface area contributed by atoms with E-state index < -0.39 is 0 Å². The molecule has 0 spiro atoms. The molecular formula is C15H26IN3O. The first-order valence-electron chi connectivity index (χ1n) is 7.06. The lowest BCUT2D eigenvalue weighted by Gasteiger charge is -2.11. The topological polar surface area (TPSA) is 56.7 Å². The predicted molar refractivity (Wildman–Crippen MR) is 95.9 cm³/mol. The van der Waals surface area contributed by atoms with Crippen molar-refractivity contribution in [3.8, 4) is 5.75 Å². The standard InChI is InChI=1S/C15H25N3O.HI/c1-3-5-6-10-17-15(16-4-2)18-12-13-8-7-9-14(19)11-13;/h7-9,11,19H,3-6,10,12H2,1-2H3,(H2,16,17,18);1H. The summed E-state index contributed by atoms with van der Waals surface area (Å²) in [6.07, 6.45) is 3.62. The molecule has 5 heteroatoms. The Labute approximate surface area is 139 Å². The zero-order valence-electron chi connectivity index (χ0n) is 12.4. The fraction of sp³-hybridized carbons (Fsp3) is 0.533. The van der Waals surface area contributed by atoms with Gasteiger partial charge in [-0.2, -0.15) is 0 Å². The molecule has 0 saturated carbocycles. The van der Waals surface area contributed by atoms with Crippen LogP contribution in [-0.4, -0.2) is 24.2 Å². The van der Waals surface area contributed by atoms with E-state index in [-0.39, 0.29) is 29.7 Å². The fourth-order valence-electron chi connectivity index (χ4n) is 1.75. The van der Waals surface area contributed by atoms with Crippen molar-refractivity contribution in [2.45, 2.75) is 39.7 Å². The SMILES string of the molecule is CCCCCNC(=NCc1cccc(O)c1)NCC.I. The number of rotatable bonds is 7. The maximum absolute atomic E-state index is 9.40. The van der Waals surface area contributed by atoms with Crippen LogP contribution in [0.2, 0.25) is 0 Å². The third-order valence-corrected chi connectivity index (χ3v) is 2.75. The Kier molecular flexibility index (Phi) is 11.2. The van der Waals surface area contributed by atoms with Crippen molar-refractivity contribution >= 4 is 29.9 Å². The number of unbranched alkanes of at least 4 members (excludes halogenated alkanes) is 2. The van der Waals surface area contributed by atoms with Crippen molar-refractivity contribution in [2.75, 3.05) is 13.1 Å². The first kappa shape index (κ1) is 19.0. The van der Waals surface area contributed by atoms with Crippen molar-refractivity contribution in [1.29, 1.82) is 0 Å². The van der Waals surface area contributed by atoms with E-state index in [0.29, 0.717) is 6.54 Å². The van der Waals surface area contributed by atoms with Crippen LogP contribution in [0.1, 0.15) is 38.7 Å². The lowest BCUT2D eigenvalue weighted by molar-refractivity contribution is 0.474. The highest BCUT2D eigenvalue weighted by atomic mass is 127. The number of nitrogens with zero attached hydrogens (tertiary/aromatic N) is 1. The molecule has 0 bridgehead atoms. The van der Waals surface area contributed by atoms with E-state index in [1.54, 1.807) is 12.1 Å². The first-order chi connectivity index (χ1) is 9.26. The number of benzene rings is 1. The van der Waals surface area contributed by atoms with Crippen molar-refractivity contribution in [1.82, 2.24) is 10.6 Å². The summed E-state index contributed by atoms with van der Waals surface area (Å²) in [6.45, 7) is 6.61. The summed E-state index contributed by atoms with van der Waals surface area (Å²) in [5.41, 5.74) is 1.01. The molecule has 0 aliphatic carbocycles. The highest BCUT2D eigenvalue weighted by molar-refractivity contribution is 14.0. The third-order valence-electron chi connectivity index (χ3n) is 2.75. The number of phenolic OH excluding ortho intramolecular Hbond substituents is 1. The zero-order chi connectivity index (χ0) is 13.9. The van der Waals surface area contributed by atoms with Gasteiger partial charge in [-0.1, -0.05) is 31.9 Å². The summed E-state index contributed by atoms with van der Waals surface area (Å²) in [6, 6.07) is 7.21. The molecule has 0 aliphatic rings. The second kappa shape index (κ2) is 11.8. The van der Waals surface area contributed by atoms with Gasteiger partial charge < -0.3 is 15.7 Å². The van der Waals surface area contributed by atoms with Gasteiger partial charge in [0.2, 0.25) is 0 Å². The molecule has 3 N–H and O–H groups in total. The van der Waals surface area contributed by atoms with Crippen LogP contribution >= 0.6 is 24.0 Å². The lowest BCUT2D eigenvalue weighted by Crippen LogP contribution is -2.37. The van der Waals surface area contributed by atoms with Crippen LogP contribution in [0, 0.1) is 0 Å². The van der Waals surface area contributed by atoms with Gasteiger partial charge in [-0.25, -0.2) is 4.99 Å². The Morgan fingerprint density at radius 3 is 2.65 bits per heavy atom. The Balaban J connectivity index is 0.00000361. The lowest BCUT2D eigenvalue weighted by atomic mass is 10.2. The van der Waals surface area contributed by atoms with E-state index in [4.69, 9.17) is 0 Å². The molecule has 0 fully saturated rings. The van der Waals surface area contributed by atoms with Crippen LogP contribution in [0.5, 0.6) is 5.75 Å². The first-order valence-corrected chi connectivity index (χ1v) is 7.06. The average molecular weight is 391 g/mol. The number of hydrogen-bond acceptors (Lipinski definition) is 2. The summed E-state index contributed by atoms with van der Waals surface area (Å²) in [5.74, 6) is 1.12. The minimum absolute atomic E-state index is 0. The van der Waals surface area contributed by atoms with E-state index in [2.05, 4.69) is 29.5 Å². The Morgan fingerprint density at radius 2 is 2.00 bits per heavy atom. The Morgan fingerprint density at radius 1 is 1.20 bits per heavy atom. The van der Waals surface area contributed by atoms with Gasteiger partial charge in [0.1, 0.15) is 5.75 Å². The van der Waals surface area contributed by atoms with Crippen molar-refractivity contribution < 1.29 is 5.11 Å². The van der Waals surface area contributed by atoms with Crippen LogP contribution in [0.3, 0.4) is 0 Å². The fourth-order valence-corrected chi connectivity index (χ4v) is 1.75. The summed E-state index contributed by atoms with van der Waals surface area (Å²) < 4.78 is 0. The molecule has 0 aromatic heterocycles. The molecule has 0 amide bonds. The van der Waals surface area contributed by atoms with E-state index in [0.717, 1.165) is 31.0 Å². The number of guanidine groups is 1. The van der Waals surface area contributed by atoms with Crippen molar-refractivity contribution in [3.63, 3.8) is 0 Å². The molecule has 114 valence electrons. The number of aromatic hydroxyl groups is 1. The Hall–Kier alpha value is -0.980. The third kappa shape index (κ3) is 8.24. The van der Waals surface area contributed by atoms with E-state index in [1.165, 1.54) is 12.8 Å². The van der Waals surface area contributed by atoms with Crippen LogP contribution in [-0.2, 0) is 6.54 Å². The summed E-state index contributed by atoms with van der Waals surface area (Å²) >= 11 is 0. The number of halogens is 1. The molecule has 4 nitrogen and oxygen atoms in total. The average Bonchev–Trinajstić information content (AvgIpc) is 2.41. The monoisotopic (exact) mass is 391 g/mol. The van der Waals surface area contributed by atoms with Gasteiger partial charge in [-0.05, 0) is 31.0 Å². The summed E-state index contributed by atoms with van der Waals surface area (Å²) in [5, 5.41) is 15.9.